The summed E-state index contributed by atoms with van der Waals surface area (Å²) in [5, 5.41) is 0. The summed E-state index contributed by atoms with van der Waals surface area (Å²) in [5.41, 5.74) is 0. The second-order valence-corrected chi connectivity index (χ2v) is 2.73. The van der Waals surface area contributed by atoms with Crippen molar-refractivity contribution in [2.45, 2.75) is 12.8 Å². The molecule has 0 amide bonds. The highest BCUT2D eigenvalue weighted by Crippen LogP contribution is 2.14. The molecule has 0 aromatic rings. The molecule has 0 radical (unpaired) electrons. The first-order chi connectivity index (χ1) is 4.79. The number of hydrogen-bond donors (Lipinski definition) is 1. The number of allylic oxidation sites excluding steroid dienone is 6. The van der Waals surface area contributed by atoms with Crippen LogP contribution < -0.4 is 0 Å². The van der Waals surface area contributed by atoms with Crippen LogP contribution in [0.25, 0.3) is 0 Å². The van der Waals surface area contributed by atoms with E-state index in [9.17, 15) is 4.39 Å². The van der Waals surface area contributed by atoms with Crippen molar-refractivity contribution >= 4 is 12.6 Å². The summed E-state index contributed by atoms with van der Waals surface area (Å²) in [6.07, 6.45) is 8.20. The van der Waals surface area contributed by atoms with Crippen molar-refractivity contribution in [2.24, 2.45) is 0 Å². The molecule has 0 spiro atoms. The van der Waals surface area contributed by atoms with E-state index < -0.39 is 0 Å². The molecule has 0 bridgehead atoms. The van der Waals surface area contributed by atoms with Gasteiger partial charge in [0.2, 0.25) is 0 Å². The van der Waals surface area contributed by atoms with E-state index in [2.05, 4.69) is 12.6 Å². The van der Waals surface area contributed by atoms with Crippen LogP contribution in [0.15, 0.2) is 35.0 Å². The highest BCUT2D eigenvalue weighted by Gasteiger charge is 1.92. The van der Waals surface area contributed by atoms with Gasteiger partial charge in [-0.25, -0.2) is 4.39 Å². The summed E-state index contributed by atoms with van der Waals surface area (Å²) in [7, 11) is 0. The molecule has 0 nitrogen and oxygen atoms in total. The maximum atomic E-state index is 12.5. The van der Waals surface area contributed by atoms with Crippen molar-refractivity contribution in [1.82, 2.24) is 0 Å². The zero-order chi connectivity index (χ0) is 7.40. The van der Waals surface area contributed by atoms with Crippen LogP contribution in [0.5, 0.6) is 0 Å². The largest absolute Gasteiger partial charge is 0.207 e. The third-order valence-corrected chi connectivity index (χ3v) is 1.65. The van der Waals surface area contributed by atoms with E-state index in [1.807, 2.05) is 6.08 Å². The van der Waals surface area contributed by atoms with Gasteiger partial charge in [0.05, 0.1) is 0 Å². The molecular formula is C8H9FS. The van der Waals surface area contributed by atoms with Crippen molar-refractivity contribution in [3.8, 4) is 0 Å². The predicted octanol–water partition coefficient (Wildman–Crippen LogP) is 3.00. The molecule has 0 heterocycles. The second kappa shape index (κ2) is 3.62. The van der Waals surface area contributed by atoms with Crippen molar-refractivity contribution in [1.29, 1.82) is 0 Å². The van der Waals surface area contributed by atoms with Crippen molar-refractivity contribution in [3.05, 3.63) is 35.0 Å². The van der Waals surface area contributed by atoms with E-state index >= 15 is 0 Å². The maximum absolute atomic E-state index is 12.5. The lowest BCUT2D eigenvalue weighted by atomic mass is 10.2. The van der Waals surface area contributed by atoms with Gasteiger partial charge >= 0.3 is 0 Å². The van der Waals surface area contributed by atoms with Gasteiger partial charge in [0, 0.05) is 0 Å². The molecule has 0 saturated carbocycles. The zero-order valence-corrected chi connectivity index (χ0v) is 6.44. The van der Waals surface area contributed by atoms with Crippen LogP contribution >= 0.6 is 12.6 Å². The van der Waals surface area contributed by atoms with Gasteiger partial charge in [-0.15, -0.1) is 12.6 Å². The minimum Gasteiger partial charge on any atom is -0.207 e. The summed E-state index contributed by atoms with van der Waals surface area (Å²) in [6, 6.07) is 0. The van der Waals surface area contributed by atoms with E-state index in [0.717, 1.165) is 17.7 Å². The molecule has 0 N–H and O–H groups in total. The van der Waals surface area contributed by atoms with Gasteiger partial charge < -0.3 is 0 Å². The zero-order valence-electron chi connectivity index (χ0n) is 5.55. The predicted molar refractivity (Wildman–Crippen MR) is 44.6 cm³/mol. The Bertz CT molecular complexity index is 201. The summed E-state index contributed by atoms with van der Waals surface area (Å²) in [4.78, 5) is 0.930. The molecule has 0 aliphatic heterocycles. The Balaban J connectivity index is 2.75. The molecule has 2 heteroatoms. The Hall–Kier alpha value is -0.500. The lowest BCUT2D eigenvalue weighted by Gasteiger charge is -1.97. The van der Waals surface area contributed by atoms with Crippen LogP contribution in [0.3, 0.4) is 0 Å². The quantitative estimate of drug-likeness (QED) is 0.512. The Kier molecular flexibility index (Phi) is 2.75. The minimum atomic E-state index is -0.203. The Labute approximate surface area is 65.5 Å². The lowest BCUT2D eigenvalue weighted by Crippen LogP contribution is -1.76. The molecule has 0 aromatic heterocycles. The average molecular weight is 156 g/mol. The first kappa shape index (κ1) is 7.61. The van der Waals surface area contributed by atoms with E-state index in [4.69, 9.17) is 0 Å². The van der Waals surface area contributed by atoms with Crippen LogP contribution in [0.1, 0.15) is 12.8 Å². The van der Waals surface area contributed by atoms with Gasteiger partial charge in [-0.3, -0.25) is 0 Å². The fourth-order valence-corrected chi connectivity index (χ4v) is 0.945. The van der Waals surface area contributed by atoms with Gasteiger partial charge in [0.15, 0.2) is 0 Å². The molecule has 1 aliphatic rings. The third-order valence-electron chi connectivity index (χ3n) is 1.28. The number of rotatable bonds is 0. The van der Waals surface area contributed by atoms with E-state index in [-0.39, 0.29) is 5.83 Å². The van der Waals surface area contributed by atoms with Gasteiger partial charge in [-0.2, -0.15) is 0 Å². The molecule has 0 unspecified atom stereocenters. The van der Waals surface area contributed by atoms with Crippen LogP contribution in [0.2, 0.25) is 0 Å². The Morgan fingerprint density at radius 3 is 3.00 bits per heavy atom. The molecule has 0 aromatic carbocycles. The molecule has 10 heavy (non-hydrogen) atoms. The topological polar surface area (TPSA) is 0 Å². The van der Waals surface area contributed by atoms with Crippen LogP contribution in [0, 0.1) is 0 Å². The number of halogens is 1. The van der Waals surface area contributed by atoms with Crippen molar-refractivity contribution in [2.75, 3.05) is 0 Å². The van der Waals surface area contributed by atoms with Gasteiger partial charge in [0.25, 0.3) is 0 Å². The average Bonchev–Trinajstić information content (AvgIpc) is 1.90. The van der Waals surface area contributed by atoms with E-state index in [1.165, 1.54) is 12.2 Å². The maximum Gasteiger partial charge on any atom is 0.122 e. The normalized spacial score (nSPS) is 24.2. The second-order valence-electron chi connectivity index (χ2n) is 2.15. The molecule has 54 valence electrons. The van der Waals surface area contributed by atoms with Gasteiger partial charge in [-0.05, 0) is 29.9 Å². The molecular weight excluding hydrogens is 147 g/mol. The standard InChI is InChI=1S/C8H9FS/c9-7-3-1-2-4-8(10)6-5-7/h1,3,5-6,10H,2,4H2/b3-1?,7-5?,8-6+. The van der Waals surface area contributed by atoms with Gasteiger partial charge in [0.1, 0.15) is 5.83 Å². The number of hydrogen-bond acceptors (Lipinski definition) is 1. The minimum absolute atomic E-state index is 0.203. The first-order valence-electron chi connectivity index (χ1n) is 3.21. The summed E-state index contributed by atoms with van der Waals surface area (Å²) in [5.74, 6) is -0.203. The summed E-state index contributed by atoms with van der Waals surface area (Å²) in [6.45, 7) is 0. The Morgan fingerprint density at radius 2 is 2.20 bits per heavy atom. The van der Waals surface area contributed by atoms with E-state index in [0.29, 0.717) is 0 Å². The lowest BCUT2D eigenvalue weighted by molar-refractivity contribution is 0.665. The molecule has 0 fully saturated rings. The molecule has 1 aliphatic carbocycles. The SMILES string of the molecule is FC1=C/C=C(/S)CCC=C1. The summed E-state index contributed by atoms with van der Waals surface area (Å²) < 4.78 is 12.5. The highest BCUT2D eigenvalue weighted by atomic mass is 32.1. The molecule has 0 atom stereocenters. The third kappa shape index (κ3) is 2.40. The van der Waals surface area contributed by atoms with Crippen LogP contribution in [0.4, 0.5) is 4.39 Å². The van der Waals surface area contributed by atoms with Crippen molar-refractivity contribution in [3.63, 3.8) is 0 Å². The molecule has 1 rings (SSSR count). The smallest absolute Gasteiger partial charge is 0.122 e. The summed E-state index contributed by atoms with van der Waals surface area (Å²) >= 11 is 4.13. The fraction of sp³-hybridized carbons (Fsp3) is 0.250. The number of thiol groups is 1. The highest BCUT2D eigenvalue weighted by molar-refractivity contribution is 7.84. The Morgan fingerprint density at radius 1 is 1.40 bits per heavy atom. The van der Waals surface area contributed by atoms with Crippen molar-refractivity contribution < 1.29 is 4.39 Å². The van der Waals surface area contributed by atoms with Crippen LogP contribution in [-0.4, -0.2) is 0 Å². The fourth-order valence-electron chi connectivity index (χ4n) is 0.742. The monoisotopic (exact) mass is 156 g/mol. The molecule has 0 saturated heterocycles. The first-order valence-corrected chi connectivity index (χ1v) is 3.65. The van der Waals surface area contributed by atoms with E-state index in [1.54, 1.807) is 6.08 Å². The van der Waals surface area contributed by atoms with Gasteiger partial charge in [-0.1, -0.05) is 12.2 Å². The van der Waals surface area contributed by atoms with Crippen LogP contribution in [-0.2, 0) is 0 Å².